The number of ketones is 1. The quantitative estimate of drug-likeness (QED) is 0.188. The van der Waals surface area contributed by atoms with Crippen molar-refractivity contribution >= 4 is 46.3 Å². The molecule has 236 valence electrons. The third kappa shape index (κ3) is 11.5. The van der Waals surface area contributed by atoms with Crippen molar-refractivity contribution in [3.05, 3.63) is 90.4 Å². The van der Waals surface area contributed by atoms with Crippen LogP contribution in [0.1, 0.15) is 76.6 Å². The highest BCUT2D eigenvalue weighted by molar-refractivity contribution is 6.07. The number of imidazole rings is 1. The molecule has 0 radical (unpaired) electrons. The highest BCUT2D eigenvalue weighted by Crippen LogP contribution is 2.21. The first kappa shape index (κ1) is 37.2. The van der Waals surface area contributed by atoms with Crippen molar-refractivity contribution in [2.75, 3.05) is 23.4 Å². The molecule has 2 heterocycles. The molecule has 9 heteroatoms. The Labute approximate surface area is 262 Å². The maximum absolute atomic E-state index is 13.5. The third-order valence-corrected chi connectivity index (χ3v) is 5.83. The lowest BCUT2D eigenvalue weighted by Crippen LogP contribution is -2.34. The predicted molar refractivity (Wildman–Crippen MR) is 181 cm³/mol. The Balaban J connectivity index is 0.00000110. The number of fused-ring (bicyclic) bond motifs is 1. The molecule has 0 aliphatic carbocycles. The molecule has 0 fully saturated rings. The number of Topliss-reactive ketones (excluding diaryl/α,β-unsaturated/α-hetero) is 1. The second-order valence-electron chi connectivity index (χ2n) is 9.08. The summed E-state index contributed by atoms with van der Waals surface area (Å²) in [6.07, 6.45) is 3.50. The minimum absolute atomic E-state index is 0.0750. The van der Waals surface area contributed by atoms with Crippen LogP contribution >= 0.6 is 0 Å². The van der Waals surface area contributed by atoms with Crippen LogP contribution in [0.25, 0.3) is 17.1 Å². The Morgan fingerprint density at radius 3 is 2.23 bits per heavy atom. The molecule has 9 nitrogen and oxygen atoms in total. The van der Waals surface area contributed by atoms with Gasteiger partial charge in [0.15, 0.2) is 0 Å². The van der Waals surface area contributed by atoms with E-state index in [9.17, 15) is 14.4 Å². The van der Waals surface area contributed by atoms with E-state index in [0.29, 0.717) is 30.0 Å². The standard InChI is InChI=1S/C28H29N5O3.C3H6O.2C2H6/c1-4-20-9-12-22(13-10-20)30-19-26-31-23-18-21(11-14-24(23)32(26)3)28(35)33(17-15-27(34)36-5-2)25-8-6-7-16-29-25;1-3(2)4;2*1-2/h4,6-14,16,18,30H,1,5,15,17,19H2,2-3H3;1-2H3;2*1-2H3. The number of carbonyl (C=O) groups excluding carboxylic acids is 3. The van der Waals surface area contributed by atoms with Gasteiger partial charge in [0.1, 0.15) is 17.4 Å². The topological polar surface area (TPSA) is 106 Å². The van der Waals surface area contributed by atoms with E-state index in [1.165, 1.54) is 18.7 Å². The Bertz CT molecular complexity index is 1460. The molecule has 4 rings (SSSR count). The molecule has 1 N–H and O–H groups in total. The first-order chi connectivity index (χ1) is 21.2. The van der Waals surface area contributed by atoms with E-state index in [4.69, 9.17) is 9.72 Å². The van der Waals surface area contributed by atoms with E-state index in [0.717, 1.165) is 22.6 Å². The fourth-order valence-corrected chi connectivity index (χ4v) is 3.88. The van der Waals surface area contributed by atoms with E-state index >= 15 is 0 Å². The molecule has 0 bridgehead atoms. The van der Waals surface area contributed by atoms with Crippen molar-refractivity contribution in [1.29, 1.82) is 0 Å². The number of ether oxygens (including phenoxy) is 1. The minimum Gasteiger partial charge on any atom is -0.466 e. The van der Waals surface area contributed by atoms with Crippen LogP contribution in [0.15, 0.2) is 73.4 Å². The lowest BCUT2D eigenvalue weighted by atomic mass is 10.1. The third-order valence-electron chi connectivity index (χ3n) is 5.83. The molecular formula is C35H47N5O4. The Morgan fingerprint density at radius 1 is 1.00 bits per heavy atom. The van der Waals surface area contributed by atoms with Crippen LogP contribution in [0.4, 0.5) is 11.5 Å². The summed E-state index contributed by atoms with van der Waals surface area (Å²) in [5, 5.41) is 3.38. The number of esters is 1. The lowest BCUT2D eigenvalue weighted by molar-refractivity contribution is -0.142. The second kappa shape index (κ2) is 20.2. The van der Waals surface area contributed by atoms with Gasteiger partial charge in [0.05, 0.1) is 30.6 Å². The van der Waals surface area contributed by atoms with Gasteiger partial charge in [0, 0.05) is 31.0 Å². The minimum atomic E-state index is -0.359. The molecule has 1 amide bonds. The summed E-state index contributed by atoms with van der Waals surface area (Å²) in [5.74, 6) is 0.863. The summed E-state index contributed by atoms with van der Waals surface area (Å²) >= 11 is 0. The van der Waals surface area contributed by atoms with Gasteiger partial charge in [-0.15, -0.1) is 0 Å². The van der Waals surface area contributed by atoms with Gasteiger partial charge in [0.2, 0.25) is 0 Å². The highest BCUT2D eigenvalue weighted by atomic mass is 16.5. The number of amides is 1. The first-order valence-corrected chi connectivity index (χ1v) is 15.0. The Hall–Kier alpha value is -4.79. The maximum Gasteiger partial charge on any atom is 0.307 e. The van der Waals surface area contributed by atoms with Crippen LogP contribution in [0.3, 0.4) is 0 Å². The number of hydrogen-bond donors (Lipinski definition) is 1. The summed E-state index contributed by atoms with van der Waals surface area (Å²) in [5.41, 5.74) is 4.14. The zero-order valence-electron chi connectivity index (χ0n) is 27.4. The fraction of sp³-hybridized carbons (Fsp3) is 0.343. The number of nitrogens with one attached hydrogen (secondary N) is 1. The number of rotatable bonds is 10. The van der Waals surface area contributed by atoms with Crippen molar-refractivity contribution in [1.82, 2.24) is 14.5 Å². The number of carbonyl (C=O) groups is 3. The molecule has 0 aliphatic rings. The number of pyridine rings is 1. The van der Waals surface area contributed by atoms with Crippen LogP contribution in [0.2, 0.25) is 0 Å². The average molecular weight is 602 g/mol. The van der Waals surface area contributed by atoms with Gasteiger partial charge in [-0.2, -0.15) is 0 Å². The van der Waals surface area contributed by atoms with E-state index in [1.807, 2.05) is 69.6 Å². The van der Waals surface area contributed by atoms with E-state index in [2.05, 4.69) is 16.9 Å². The van der Waals surface area contributed by atoms with E-state index < -0.39 is 0 Å². The molecule has 2 aromatic carbocycles. The van der Waals surface area contributed by atoms with Crippen LogP contribution in [0, 0.1) is 0 Å². The summed E-state index contributed by atoms with van der Waals surface area (Å²) in [6.45, 7) is 17.6. The molecule has 44 heavy (non-hydrogen) atoms. The first-order valence-electron chi connectivity index (χ1n) is 15.0. The predicted octanol–water partition coefficient (Wildman–Crippen LogP) is 7.47. The number of hydrogen-bond acceptors (Lipinski definition) is 7. The molecule has 0 saturated carbocycles. The summed E-state index contributed by atoms with van der Waals surface area (Å²) < 4.78 is 7.04. The lowest BCUT2D eigenvalue weighted by Gasteiger charge is -2.21. The number of benzene rings is 2. The number of nitrogens with zero attached hydrogens (tertiary/aromatic N) is 4. The van der Waals surface area contributed by atoms with Gasteiger partial charge < -0.3 is 19.4 Å². The van der Waals surface area contributed by atoms with Gasteiger partial charge in [-0.1, -0.05) is 58.5 Å². The van der Waals surface area contributed by atoms with Crippen LogP contribution in [-0.4, -0.2) is 45.3 Å². The number of aryl methyl sites for hydroxylation is 1. The van der Waals surface area contributed by atoms with Gasteiger partial charge >= 0.3 is 5.97 Å². The molecule has 4 aromatic rings. The van der Waals surface area contributed by atoms with Gasteiger partial charge in [-0.3, -0.25) is 14.5 Å². The Morgan fingerprint density at radius 2 is 1.66 bits per heavy atom. The monoisotopic (exact) mass is 601 g/mol. The van der Waals surface area contributed by atoms with Crippen molar-refractivity contribution < 1.29 is 19.1 Å². The van der Waals surface area contributed by atoms with Crippen molar-refractivity contribution in [3.8, 4) is 0 Å². The van der Waals surface area contributed by atoms with Crippen molar-refractivity contribution in [2.24, 2.45) is 7.05 Å². The zero-order valence-corrected chi connectivity index (χ0v) is 27.4. The van der Waals surface area contributed by atoms with Crippen molar-refractivity contribution in [2.45, 2.75) is 61.4 Å². The number of aromatic nitrogens is 3. The van der Waals surface area contributed by atoms with Gasteiger partial charge in [-0.25, -0.2) is 9.97 Å². The average Bonchev–Trinajstić information content (AvgIpc) is 3.36. The van der Waals surface area contributed by atoms with Crippen LogP contribution in [-0.2, 0) is 27.9 Å². The zero-order chi connectivity index (χ0) is 33.1. The normalized spacial score (nSPS) is 9.64. The van der Waals surface area contributed by atoms with Crippen LogP contribution < -0.4 is 10.2 Å². The molecule has 0 atom stereocenters. The molecule has 0 saturated heterocycles. The summed E-state index contributed by atoms with van der Waals surface area (Å²) in [4.78, 5) is 45.5. The van der Waals surface area contributed by atoms with Gasteiger partial charge in [0.25, 0.3) is 5.91 Å². The largest absolute Gasteiger partial charge is 0.466 e. The van der Waals surface area contributed by atoms with E-state index in [1.54, 1.807) is 49.5 Å². The summed E-state index contributed by atoms with van der Waals surface area (Å²) in [7, 11) is 1.95. The van der Waals surface area contributed by atoms with Crippen molar-refractivity contribution in [3.63, 3.8) is 0 Å². The fourth-order valence-electron chi connectivity index (χ4n) is 3.88. The highest BCUT2D eigenvalue weighted by Gasteiger charge is 2.21. The molecular weight excluding hydrogens is 554 g/mol. The smallest absolute Gasteiger partial charge is 0.307 e. The molecule has 0 spiro atoms. The SMILES string of the molecule is C=Cc1ccc(NCc2nc3cc(C(=O)N(CCC(=O)OCC)c4ccccn4)ccc3n2C)cc1.CC.CC.CC(C)=O. The molecule has 0 unspecified atom stereocenters. The Kier molecular flexibility index (Phi) is 17.1. The number of anilines is 2. The molecule has 2 aromatic heterocycles. The van der Waals surface area contributed by atoms with Gasteiger partial charge in [-0.05, 0) is 68.8 Å². The summed E-state index contributed by atoms with van der Waals surface area (Å²) in [6, 6.07) is 18.8. The van der Waals surface area contributed by atoms with Crippen LogP contribution in [0.5, 0.6) is 0 Å². The van der Waals surface area contributed by atoms with E-state index in [-0.39, 0.29) is 30.6 Å². The second-order valence-corrected chi connectivity index (χ2v) is 9.08. The maximum atomic E-state index is 13.5. The molecule has 0 aliphatic heterocycles.